The van der Waals surface area contributed by atoms with E-state index in [2.05, 4.69) is 19.2 Å². The molecule has 0 aromatic heterocycles. The Balaban J connectivity index is 3.06. The highest BCUT2D eigenvalue weighted by molar-refractivity contribution is 5.29. The van der Waals surface area contributed by atoms with Crippen LogP contribution in [-0.4, -0.2) is 25.9 Å². The summed E-state index contributed by atoms with van der Waals surface area (Å²) in [5.41, 5.74) is 0.943. The summed E-state index contributed by atoms with van der Waals surface area (Å²) in [6.45, 7) is 11.8. The molecule has 1 aromatic carbocycles. The lowest BCUT2D eigenvalue weighted by Gasteiger charge is -2.36. The maximum atomic E-state index is 5.89. The smallest absolute Gasteiger partial charge is 0.255 e. The lowest BCUT2D eigenvalue weighted by atomic mass is 10.1. The predicted molar refractivity (Wildman–Crippen MR) is 80.8 cm³/mol. The average Bonchev–Trinajstić information content (AvgIpc) is 2.39. The van der Waals surface area contributed by atoms with Crippen molar-refractivity contribution in [2.45, 2.75) is 46.6 Å². The Hall–Kier alpha value is -1.10. The fourth-order valence-corrected chi connectivity index (χ4v) is 2.10. The Labute approximate surface area is 122 Å². The molecule has 1 aromatic rings. The van der Waals surface area contributed by atoms with Gasteiger partial charge in [0.05, 0.1) is 6.61 Å². The van der Waals surface area contributed by atoms with E-state index in [1.54, 1.807) is 0 Å². The van der Waals surface area contributed by atoms with Crippen LogP contribution < -0.4 is 10.1 Å². The van der Waals surface area contributed by atoms with Crippen molar-refractivity contribution in [2.24, 2.45) is 0 Å². The van der Waals surface area contributed by atoms with Gasteiger partial charge >= 0.3 is 0 Å². The summed E-state index contributed by atoms with van der Waals surface area (Å²) in [5.74, 6) is -0.0507. The Morgan fingerprint density at radius 3 is 1.90 bits per heavy atom. The molecule has 4 heteroatoms. The van der Waals surface area contributed by atoms with E-state index in [4.69, 9.17) is 14.2 Å². The Morgan fingerprint density at radius 1 is 0.950 bits per heavy atom. The lowest BCUT2D eigenvalue weighted by molar-refractivity contribution is -0.266. The van der Waals surface area contributed by atoms with Crippen molar-refractivity contribution in [1.82, 2.24) is 5.32 Å². The zero-order chi connectivity index (χ0) is 15.0. The van der Waals surface area contributed by atoms with Crippen LogP contribution >= 0.6 is 0 Å². The van der Waals surface area contributed by atoms with E-state index in [0.717, 1.165) is 11.3 Å². The van der Waals surface area contributed by atoms with Crippen LogP contribution in [-0.2, 0) is 15.4 Å². The summed E-state index contributed by atoms with van der Waals surface area (Å²) in [7, 11) is 0. The molecule has 1 N–H and O–H groups in total. The topological polar surface area (TPSA) is 39.7 Å². The highest BCUT2D eigenvalue weighted by Gasteiger charge is 2.34. The van der Waals surface area contributed by atoms with E-state index in [1.165, 1.54) is 0 Å². The molecular formula is C16H27NO3. The molecule has 0 aliphatic carbocycles. The van der Waals surface area contributed by atoms with Gasteiger partial charge in [-0.25, -0.2) is 0 Å². The molecule has 0 bridgehead atoms. The van der Waals surface area contributed by atoms with Crippen LogP contribution in [0, 0.1) is 0 Å². The van der Waals surface area contributed by atoms with Crippen molar-refractivity contribution in [1.29, 1.82) is 0 Å². The molecule has 0 amide bonds. The second-order valence-electron chi connectivity index (χ2n) is 4.74. The number of hydrogen-bond donors (Lipinski definition) is 1. The minimum Gasteiger partial charge on any atom is -0.494 e. The molecule has 0 aliphatic heterocycles. The van der Waals surface area contributed by atoms with Crippen molar-refractivity contribution in [3.05, 3.63) is 29.8 Å². The second-order valence-corrected chi connectivity index (χ2v) is 4.74. The maximum Gasteiger partial charge on any atom is 0.255 e. The maximum absolute atomic E-state index is 5.89. The summed E-state index contributed by atoms with van der Waals surface area (Å²) in [6, 6.07) is 8.07. The monoisotopic (exact) mass is 281 g/mol. The van der Waals surface area contributed by atoms with Gasteiger partial charge in [0.2, 0.25) is 0 Å². The van der Waals surface area contributed by atoms with Gasteiger partial charge in [0.1, 0.15) is 5.75 Å². The molecule has 0 spiro atoms. The van der Waals surface area contributed by atoms with E-state index >= 15 is 0 Å². The summed E-state index contributed by atoms with van der Waals surface area (Å²) >= 11 is 0. The van der Waals surface area contributed by atoms with Gasteiger partial charge in [-0.3, -0.25) is 5.32 Å². The molecule has 0 saturated heterocycles. The first-order valence-corrected chi connectivity index (χ1v) is 7.36. The Morgan fingerprint density at radius 2 is 1.50 bits per heavy atom. The minimum atomic E-state index is -0.900. The van der Waals surface area contributed by atoms with Crippen LogP contribution in [0.3, 0.4) is 0 Å². The molecule has 0 unspecified atom stereocenters. The fourth-order valence-electron chi connectivity index (χ4n) is 2.10. The predicted octanol–water partition coefficient (Wildman–Crippen LogP) is 3.27. The van der Waals surface area contributed by atoms with Crippen LogP contribution in [0.25, 0.3) is 0 Å². The molecule has 0 saturated carbocycles. The van der Waals surface area contributed by atoms with E-state index in [1.807, 2.05) is 45.0 Å². The van der Waals surface area contributed by atoms with Crippen LogP contribution in [0.15, 0.2) is 24.3 Å². The SMILES string of the molecule is CCOc1ccc(C(NC(C)C)(OCC)OCC)cc1. The molecule has 0 radical (unpaired) electrons. The first-order valence-electron chi connectivity index (χ1n) is 7.36. The molecule has 0 atom stereocenters. The van der Waals surface area contributed by atoms with Gasteiger partial charge in [-0.2, -0.15) is 0 Å². The Bertz CT molecular complexity index is 370. The minimum absolute atomic E-state index is 0.236. The van der Waals surface area contributed by atoms with Crippen molar-refractivity contribution >= 4 is 0 Å². The lowest BCUT2D eigenvalue weighted by Crippen LogP contribution is -2.50. The third kappa shape index (κ3) is 4.47. The van der Waals surface area contributed by atoms with Gasteiger partial charge < -0.3 is 14.2 Å². The van der Waals surface area contributed by atoms with Gasteiger partial charge in [-0.1, -0.05) is 0 Å². The van der Waals surface area contributed by atoms with Crippen LogP contribution in [0.1, 0.15) is 40.2 Å². The number of nitrogens with one attached hydrogen (secondary N) is 1. The summed E-state index contributed by atoms with van der Waals surface area (Å²) in [4.78, 5) is 0. The van der Waals surface area contributed by atoms with Crippen LogP contribution in [0.2, 0.25) is 0 Å². The molecule has 114 valence electrons. The number of benzene rings is 1. The fraction of sp³-hybridized carbons (Fsp3) is 0.625. The molecule has 20 heavy (non-hydrogen) atoms. The molecule has 0 heterocycles. The molecule has 1 rings (SSSR count). The van der Waals surface area contributed by atoms with Gasteiger partial charge in [0.15, 0.2) is 0 Å². The Kier molecular flexibility index (Phi) is 6.99. The average molecular weight is 281 g/mol. The van der Waals surface area contributed by atoms with E-state index in [0.29, 0.717) is 19.8 Å². The first kappa shape index (κ1) is 17.0. The highest BCUT2D eigenvalue weighted by Crippen LogP contribution is 2.27. The molecule has 0 fully saturated rings. The van der Waals surface area contributed by atoms with Crippen molar-refractivity contribution in [2.75, 3.05) is 19.8 Å². The second kappa shape index (κ2) is 8.25. The van der Waals surface area contributed by atoms with E-state index in [9.17, 15) is 0 Å². The van der Waals surface area contributed by atoms with Gasteiger partial charge in [0, 0.05) is 24.8 Å². The summed E-state index contributed by atoms with van der Waals surface area (Å²) in [5, 5.41) is 3.38. The largest absolute Gasteiger partial charge is 0.494 e. The number of rotatable bonds is 9. The first-order chi connectivity index (χ1) is 9.57. The number of ether oxygens (including phenoxy) is 3. The van der Waals surface area contributed by atoms with Crippen LogP contribution in [0.4, 0.5) is 0 Å². The number of hydrogen-bond acceptors (Lipinski definition) is 4. The van der Waals surface area contributed by atoms with E-state index < -0.39 is 5.91 Å². The quantitative estimate of drug-likeness (QED) is 0.705. The standard InChI is InChI=1S/C16H27NO3/c1-6-18-15-11-9-14(10-12-15)16(19-7-2,20-8-3)17-13(4)5/h9-13,17H,6-8H2,1-5H3. The molecular weight excluding hydrogens is 254 g/mol. The van der Waals surface area contributed by atoms with Gasteiger partial charge in [-0.05, 0) is 58.9 Å². The van der Waals surface area contributed by atoms with Gasteiger partial charge in [0.25, 0.3) is 5.91 Å². The van der Waals surface area contributed by atoms with Crippen molar-refractivity contribution in [3.8, 4) is 5.75 Å². The van der Waals surface area contributed by atoms with E-state index in [-0.39, 0.29) is 6.04 Å². The normalized spacial score (nSPS) is 11.9. The third-order valence-corrected chi connectivity index (χ3v) is 2.72. The molecule has 0 aliphatic rings. The van der Waals surface area contributed by atoms with Crippen molar-refractivity contribution < 1.29 is 14.2 Å². The summed E-state index contributed by atoms with van der Waals surface area (Å²) < 4.78 is 17.3. The zero-order valence-electron chi connectivity index (χ0n) is 13.2. The molecule has 4 nitrogen and oxygen atoms in total. The third-order valence-electron chi connectivity index (χ3n) is 2.72. The van der Waals surface area contributed by atoms with Crippen LogP contribution in [0.5, 0.6) is 5.75 Å². The zero-order valence-corrected chi connectivity index (χ0v) is 13.2. The highest BCUT2D eigenvalue weighted by atomic mass is 16.7. The van der Waals surface area contributed by atoms with Gasteiger partial charge in [-0.15, -0.1) is 0 Å². The van der Waals surface area contributed by atoms with Crippen molar-refractivity contribution in [3.63, 3.8) is 0 Å². The summed E-state index contributed by atoms with van der Waals surface area (Å²) in [6.07, 6.45) is 0.